The van der Waals surface area contributed by atoms with Gasteiger partial charge in [0.1, 0.15) is 5.75 Å². The summed E-state index contributed by atoms with van der Waals surface area (Å²) in [7, 11) is 0. The Hall–Kier alpha value is -2.12. The summed E-state index contributed by atoms with van der Waals surface area (Å²) in [6.07, 6.45) is -7.47. The smallest absolute Gasteiger partial charge is 0.428 e. The zero-order valence-electron chi connectivity index (χ0n) is 9.65. The molecular formula is C11H9F4NO3. The van der Waals surface area contributed by atoms with Crippen molar-refractivity contribution in [2.45, 2.75) is 19.5 Å². The van der Waals surface area contributed by atoms with E-state index in [1.807, 2.05) is 0 Å². The second kappa shape index (κ2) is 5.68. The molecule has 0 bridgehead atoms. The van der Waals surface area contributed by atoms with Crippen molar-refractivity contribution in [3.63, 3.8) is 0 Å². The highest BCUT2D eigenvalue weighted by Gasteiger charge is 2.43. The third-order valence-corrected chi connectivity index (χ3v) is 2.03. The van der Waals surface area contributed by atoms with E-state index in [2.05, 4.69) is 4.74 Å². The topological polar surface area (TPSA) is 52.4 Å². The van der Waals surface area contributed by atoms with Crippen LogP contribution in [-0.4, -0.2) is 17.5 Å². The molecule has 0 aliphatic rings. The van der Waals surface area contributed by atoms with Gasteiger partial charge in [-0.1, -0.05) is 12.1 Å². The Morgan fingerprint density at radius 1 is 1.47 bits per heavy atom. The number of rotatable bonds is 5. The monoisotopic (exact) mass is 279 g/mol. The van der Waals surface area contributed by atoms with E-state index >= 15 is 0 Å². The molecule has 0 heterocycles. The van der Waals surface area contributed by atoms with Crippen molar-refractivity contribution in [3.05, 3.63) is 45.6 Å². The van der Waals surface area contributed by atoms with Crippen molar-refractivity contribution in [1.82, 2.24) is 0 Å². The minimum absolute atomic E-state index is 0.191. The number of nitro groups is 1. The normalized spacial score (nSPS) is 12.6. The van der Waals surface area contributed by atoms with E-state index in [1.165, 1.54) is 19.1 Å². The molecule has 0 aliphatic carbocycles. The quantitative estimate of drug-likeness (QED) is 0.470. The van der Waals surface area contributed by atoms with Gasteiger partial charge in [-0.05, 0) is 17.7 Å². The van der Waals surface area contributed by atoms with Crippen LogP contribution in [0.1, 0.15) is 12.5 Å². The summed E-state index contributed by atoms with van der Waals surface area (Å²) in [6.45, 7) is 1.21. The van der Waals surface area contributed by atoms with Gasteiger partial charge in [0.2, 0.25) is 5.70 Å². The molecule has 0 amide bonds. The van der Waals surface area contributed by atoms with E-state index in [1.54, 1.807) is 0 Å². The van der Waals surface area contributed by atoms with Crippen LogP contribution in [0, 0.1) is 10.1 Å². The largest absolute Gasteiger partial charge is 0.461 e. The summed E-state index contributed by atoms with van der Waals surface area (Å²) in [6, 6.07) is 4.70. The van der Waals surface area contributed by atoms with Gasteiger partial charge in [-0.15, -0.1) is 0 Å². The molecule has 0 aromatic heterocycles. The minimum atomic E-state index is -4.61. The molecule has 19 heavy (non-hydrogen) atoms. The number of ether oxygens (including phenoxy) is 1. The average Bonchev–Trinajstić information content (AvgIpc) is 2.28. The maximum atomic E-state index is 12.7. The maximum absolute atomic E-state index is 12.7. The maximum Gasteiger partial charge on any atom is 0.461 e. The van der Waals surface area contributed by atoms with E-state index in [0.717, 1.165) is 18.2 Å². The van der Waals surface area contributed by atoms with Crippen LogP contribution in [0.4, 0.5) is 17.6 Å². The van der Waals surface area contributed by atoms with Gasteiger partial charge in [0, 0.05) is 13.0 Å². The summed E-state index contributed by atoms with van der Waals surface area (Å²) >= 11 is 0. The Kier molecular flexibility index (Phi) is 4.47. The molecule has 8 heteroatoms. The highest BCUT2D eigenvalue weighted by atomic mass is 19.3. The molecular weight excluding hydrogens is 270 g/mol. The molecule has 0 saturated carbocycles. The lowest BCUT2D eigenvalue weighted by atomic mass is 10.2. The fourth-order valence-corrected chi connectivity index (χ4v) is 1.16. The molecule has 0 atom stereocenters. The van der Waals surface area contributed by atoms with E-state index in [-0.39, 0.29) is 11.3 Å². The third-order valence-electron chi connectivity index (χ3n) is 2.03. The molecule has 0 unspecified atom stereocenters. The number of halogens is 4. The molecule has 0 N–H and O–H groups in total. The molecule has 1 aromatic carbocycles. The first kappa shape index (κ1) is 14.9. The van der Waals surface area contributed by atoms with Gasteiger partial charge in [0.05, 0.1) is 4.92 Å². The Morgan fingerprint density at radius 2 is 2.11 bits per heavy atom. The van der Waals surface area contributed by atoms with E-state index < -0.39 is 23.2 Å². The first-order valence-electron chi connectivity index (χ1n) is 5.00. The lowest BCUT2D eigenvalue weighted by Crippen LogP contribution is -2.33. The lowest BCUT2D eigenvalue weighted by Gasteiger charge is -2.16. The molecule has 1 aromatic rings. The third kappa shape index (κ3) is 4.23. The molecule has 0 radical (unpaired) electrons. The van der Waals surface area contributed by atoms with Gasteiger partial charge in [-0.2, -0.15) is 17.6 Å². The summed E-state index contributed by atoms with van der Waals surface area (Å²) in [5, 5.41) is 10.4. The van der Waals surface area contributed by atoms with Crippen molar-refractivity contribution in [1.29, 1.82) is 0 Å². The van der Waals surface area contributed by atoms with E-state index in [9.17, 15) is 27.7 Å². The fraction of sp³-hybridized carbons (Fsp3) is 0.273. The second-order valence-electron chi connectivity index (χ2n) is 3.58. The van der Waals surface area contributed by atoms with E-state index in [0.29, 0.717) is 0 Å². The number of hydrogen-bond acceptors (Lipinski definition) is 3. The van der Waals surface area contributed by atoms with Crippen molar-refractivity contribution in [3.8, 4) is 5.75 Å². The van der Waals surface area contributed by atoms with Gasteiger partial charge in [0.25, 0.3) is 0 Å². The Balaban J connectivity index is 2.96. The first-order chi connectivity index (χ1) is 8.72. The Morgan fingerprint density at radius 3 is 2.63 bits per heavy atom. The minimum Gasteiger partial charge on any atom is -0.428 e. The van der Waals surface area contributed by atoms with Gasteiger partial charge in [-0.25, -0.2) is 0 Å². The number of nitrogens with zero attached hydrogens (tertiary/aromatic N) is 1. The summed E-state index contributed by atoms with van der Waals surface area (Å²) in [5.41, 5.74) is -0.0328. The van der Waals surface area contributed by atoms with Gasteiger partial charge >= 0.3 is 12.5 Å². The van der Waals surface area contributed by atoms with Crippen LogP contribution < -0.4 is 4.74 Å². The van der Waals surface area contributed by atoms with Crippen LogP contribution in [0.5, 0.6) is 5.75 Å². The van der Waals surface area contributed by atoms with Crippen molar-refractivity contribution < 1.29 is 27.2 Å². The number of allylic oxidation sites excluding steroid dienone is 1. The Bertz CT molecular complexity index is 502. The van der Waals surface area contributed by atoms with Crippen LogP contribution in [0.15, 0.2) is 30.0 Å². The predicted molar refractivity (Wildman–Crippen MR) is 58.7 cm³/mol. The highest BCUT2D eigenvalue weighted by Crippen LogP contribution is 2.28. The Labute approximate surface area is 105 Å². The summed E-state index contributed by atoms with van der Waals surface area (Å²) in [4.78, 5) is 9.73. The van der Waals surface area contributed by atoms with Gasteiger partial charge < -0.3 is 4.74 Å². The van der Waals surface area contributed by atoms with Crippen molar-refractivity contribution in [2.75, 3.05) is 0 Å². The number of benzene rings is 1. The van der Waals surface area contributed by atoms with Crippen molar-refractivity contribution in [2.24, 2.45) is 0 Å². The van der Waals surface area contributed by atoms with Crippen molar-refractivity contribution >= 4 is 6.08 Å². The predicted octanol–water partition coefficient (Wildman–Crippen LogP) is 3.56. The average molecular weight is 279 g/mol. The molecule has 0 saturated heterocycles. The molecule has 0 fully saturated rings. The zero-order chi connectivity index (χ0) is 14.6. The molecule has 4 nitrogen and oxygen atoms in total. The first-order valence-corrected chi connectivity index (χ1v) is 5.00. The number of hydrogen-bond donors (Lipinski definition) is 0. The van der Waals surface area contributed by atoms with Crippen LogP contribution in [0.2, 0.25) is 0 Å². The SMILES string of the molecule is C/C(=C\c1cccc(OC(F)(F)C(F)F)c1)[N+](=O)[O-]. The van der Waals surface area contributed by atoms with Crippen LogP contribution >= 0.6 is 0 Å². The molecule has 104 valence electrons. The number of alkyl halides is 4. The van der Waals surface area contributed by atoms with Crippen LogP contribution in [0.3, 0.4) is 0 Å². The summed E-state index contributed by atoms with van der Waals surface area (Å²) < 4.78 is 53.1. The lowest BCUT2D eigenvalue weighted by molar-refractivity contribution is -0.422. The molecule has 0 spiro atoms. The zero-order valence-corrected chi connectivity index (χ0v) is 9.65. The van der Waals surface area contributed by atoms with Crippen LogP contribution in [0.25, 0.3) is 6.08 Å². The molecule has 0 aliphatic heterocycles. The molecule has 1 rings (SSSR count). The summed E-state index contributed by atoms with van der Waals surface area (Å²) in [5.74, 6) is -0.504. The van der Waals surface area contributed by atoms with Gasteiger partial charge in [-0.3, -0.25) is 10.1 Å². The van der Waals surface area contributed by atoms with E-state index in [4.69, 9.17) is 0 Å². The van der Waals surface area contributed by atoms with Crippen LogP contribution in [-0.2, 0) is 0 Å². The second-order valence-corrected chi connectivity index (χ2v) is 3.58. The standard InChI is InChI=1S/C11H9F4NO3/c1-7(16(17)18)5-8-3-2-4-9(6-8)19-11(14,15)10(12)13/h2-6,10H,1H3/b7-5+. The highest BCUT2D eigenvalue weighted by molar-refractivity contribution is 5.52. The fourth-order valence-electron chi connectivity index (χ4n) is 1.16. The van der Waals surface area contributed by atoms with Gasteiger partial charge in [0.15, 0.2) is 0 Å².